The van der Waals surface area contributed by atoms with Gasteiger partial charge in [0.05, 0.1) is 24.6 Å². The number of amides is 4. The zero-order chi connectivity index (χ0) is 32.3. The number of methoxy groups -OCH3 is 1. The zero-order valence-corrected chi connectivity index (χ0v) is 25.2. The van der Waals surface area contributed by atoms with Gasteiger partial charge in [0.2, 0.25) is 17.6 Å². The number of benzene rings is 1. The maximum absolute atomic E-state index is 13.3. The highest BCUT2D eigenvalue weighted by atomic mass is 16.7. The number of hydrogen-bond acceptors (Lipinski definition) is 10. The van der Waals surface area contributed by atoms with Gasteiger partial charge in [-0.15, -0.1) is 5.06 Å². The fraction of sp³-hybridized carbons (Fsp3) is 0.500. The van der Waals surface area contributed by atoms with Crippen molar-refractivity contribution in [3.05, 3.63) is 53.1 Å². The minimum atomic E-state index is -1.25. The molecule has 5 atom stereocenters. The second-order valence-corrected chi connectivity index (χ2v) is 11.5. The van der Waals surface area contributed by atoms with Gasteiger partial charge in [0.15, 0.2) is 5.78 Å². The van der Waals surface area contributed by atoms with E-state index < -0.39 is 35.4 Å². The van der Waals surface area contributed by atoms with E-state index >= 15 is 0 Å². The minimum Gasteiger partial charge on any atom is -0.458 e. The van der Waals surface area contributed by atoms with E-state index in [0.29, 0.717) is 41.2 Å². The number of allylic oxidation sites excluding steroid dienone is 2. The van der Waals surface area contributed by atoms with Gasteiger partial charge in [-0.05, 0) is 60.6 Å². The number of carbonyl (C=O) groups is 6. The van der Waals surface area contributed by atoms with Crippen molar-refractivity contribution in [1.29, 1.82) is 0 Å². The van der Waals surface area contributed by atoms with Gasteiger partial charge in [0.25, 0.3) is 11.8 Å². The summed E-state index contributed by atoms with van der Waals surface area (Å²) in [5.74, 6) is -4.61. The van der Waals surface area contributed by atoms with Gasteiger partial charge >= 0.3 is 5.97 Å². The number of hydrogen-bond donors (Lipinski definition) is 3. The van der Waals surface area contributed by atoms with Crippen LogP contribution in [0.3, 0.4) is 0 Å². The summed E-state index contributed by atoms with van der Waals surface area (Å²) >= 11 is 0. The number of fused-ring (bicyclic) bond motifs is 2. The van der Waals surface area contributed by atoms with Crippen LogP contribution in [0.5, 0.6) is 5.75 Å². The molecule has 0 bridgehead atoms. The molecule has 1 fully saturated rings. The van der Waals surface area contributed by atoms with Gasteiger partial charge in [-0.2, -0.15) is 0 Å². The van der Waals surface area contributed by atoms with Crippen LogP contribution in [0, 0.1) is 17.8 Å². The van der Waals surface area contributed by atoms with Crippen LogP contribution in [0.15, 0.2) is 42.0 Å². The topological polar surface area (TPSA) is 178 Å². The summed E-state index contributed by atoms with van der Waals surface area (Å²) in [4.78, 5) is 79.8. The van der Waals surface area contributed by atoms with Crippen molar-refractivity contribution in [2.45, 2.75) is 57.2 Å². The van der Waals surface area contributed by atoms with Crippen LogP contribution >= 0.6 is 0 Å². The molecule has 4 aliphatic rings. The van der Waals surface area contributed by atoms with Gasteiger partial charge in [0, 0.05) is 44.4 Å². The third kappa shape index (κ3) is 6.27. The Hall–Kier alpha value is -4.36. The van der Waals surface area contributed by atoms with E-state index in [1.54, 1.807) is 18.2 Å². The molecule has 5 unspecified atom stereocenters. The number of aliphatic hydroxyl groups excluding tert-OH is 1. The summed E-state index contributed by atoms with van der Waals surface area (Å²) in [6.07, 6.45) is 6.97. The van der Waals surface area contributed by atoms with Gasteiger partial charge in [0.1, 0.15) is 5.75 Å². The van der Waals surface area contributed by atoms with E-state index in [2.05, 4.69) is 10.6 Å². The molecule has 1 aromatic carbocycles. The summed E-state index contributed by atoms with van der Waals surface area (Å²) in [5.41, 5.74) is 1.34. The maximum atomic E-state index is 13.3. The Kier molecular flexibility index (Phi) is 9.49. The molecule has 240 valence electrons. The third-order valence-corrected chi connectivity index (χ3v) is 8.95. The molecule has 0 radical (unpaired) electrons. The van der Waals surface area contributed by atoms with Gasteiger partial charge in [-0.1, -0.05) is 19.4 Å². The average molecular weight is 624 g/mol. The standard InChI is InChI=1S/C32H37N3O10/c1-3-20-18(5-4-6-25(38)34-17-26(39)33-13-14-36)15-21-23(37)11-12-32(43-2)30(21)29(20)22-16-19(7-8-24(22)44-32)31(42)45-35-27(40)9-10-28(35)41/h7-8,11-12,15-16,18,20,29-30,36H,3-6,9-10,13-14,17H2,1-2H3,(H,33,39)(H,34,38). The third-order valence-electron chi connectivity index (χ3n) is 8.95. The normalized spacial score (nSPS) is 26.4. The molecular formula is C32H37N3O10. The molecule has 3 N–H and O–H groups in total. The van der Waals surface area contributed by atoms with Crippen molar-refractivity contribution in [1.82, 2.24) is 15.7 Å². The molecule has 45 heavy (non-hydrogen) atoms. The highest BCUT2D eigenvalue weighted by molar-refractivity contribution is 6.06. The molecule has 13 nitrogen and oxygen atoms in total. The molecule has 1 saturated heterocycles. The van der Waals surface area contributed by atoms with Crippen LogP contribution < -0.4 is 15.4 Å². The Labute approximate surface area is 259 Å². The van der Waals surface area contributed by atoms with Crippen molar-refractivity contribution < 1.29 is 48.2 Å². The van der Waals surface area contributed by atoms with E-state index in [0.717, 1.165) is 0 Å². The fourth-order valence-electron chi connectivity index (χ4n) is 6.88. The SMILES string of the molecule is CCC1C(CCCC(=O)NCC(=O)NCCO)C=C2C(=O)C=CC3(OC)Oc4ccc(C(=O)ON5C(=O)CCC5=O)cc4C1C23. The van der Waals surface area contributed by atoms with Gasteiger partial charge < -0.3 is 30.1 Å². The monoisotopic (exact) mass is 623 g/mol. The Morgan fingerprint density at radius 2 is 1.87 bits per heavy atom. The summed E-state index contributed by atoms with van der Waals surface area (Å²) in [6.45, 7) is 1.78. The van der Waals surface area contributed by atoms with Gasteiger partial charge in [-0.3, -0.25) is 24.0 Å². The molecule has 5 rings (SSSR count). The molecule has 2 aliphatic heterocycles. The minimum absolute atomic E-state index is 0.0230. The first kappa shape index (κ1) is 32.0. The first-order chi connectivity index (χ1) is 21.6. The van der Waals surface area contributed by atoms with E-state index in [1.807, 2.05) is 13.0 Å². The van der Waals surface area contributed by atoms with Gasteiger partial charge in [-0.25, -0.2) is 4.79 Å². The number of carbonyl (C=O) groups excluding carboxylic acids is 6. The summed E-state index contributed by atoms with van der Waals surface area (Å²) in [5, 5.41) is 14.4. The van der Waals surface area contributed by atoms with Crippen LogP contribution in [0.4, 0.5) is 0 Å². The molecule has 0 saturated carbocycles. The highest BCUT2D eigenvalue weighted by Crippen LogP contribution is 2.59. The first-order valence-corrected chi connectivity index (χ1v) is 15.2. The van der Waals surface area contributed by atoms with Crippen molar-refractivity contribution >= 4 is 35.4 Å². The van der Waals surface area contributed by atoms with E-state index in [1.165, 1.54) is 19.3 Å². The molecule has 2 heterocycles. The number of hydroxylamine groups is 2. The molecule has 0 aromatic heterocycles. The number of imide groups is 1. The lowest BCUT2D eigenvalue weighted by molar-refractivity contribution is -0.180. The Balaban J connectivity index is 1.40. The van der Waals surface area contributed by atoms with E-state index in [4.69, 9.17) is 19.4 Å². The lowest BCUT2D eigenvalue weighted by Crippen LogP contribution is -2.56. The molecule has 2 aliphatic carbocycles. The van der Waals surface area contributed by atoms with Crippen molar-refractivity contribution in [2.75, 3.05) is 26.8 Å². The van der Waals surface area contributed by atoms with Crippen LogP contribution in [-0.2, 0) is 33.5 Å². The van der Waals surface area contributed by atoms with Crippen molar-refractivity contribution in [3.63, 3.8) is 0 Å². The molecular weight excluding hydrogens is 586 g/mol. The van der Waals surface area contributed by atoms with E-state index in [-0.39, 0.29) is 74.0 Å². The van der Waals surface area contributed by atoms with Crippen LogP contribution in [0.25, 0.3) is 0 Å². The smallest absolute Gasteiger partial charge is 0.363 e. The summed E-state index contributed by atoms with van der Waals surface area (Å²) < 4.78 is 12.3. The lowest BCUT2D eigenvalue weighted by Gasteiger charge is -2.53. The molecule has 1 aromatic rings. The zero-order valence-electron chi connectivity index (χ0n) is 25.2. The lowest BCUT2D eigenvalue weighted by atomic mass is 9.57. The highest BCUT2D eigenvalue weighted by Gasteiger charge is 2.58. The largest absolute Gasteiger partial charge is 0.458 e. The van der Waals surface area contributed by atoms with Crippen molar-refractivity contribution in [2.24, 2.45) is 17.8 Å². The number of rotatable bonds is 12. The second-order valence-electron chi connectivity index (χ2n) is 11.5. The summed E-state index contributed by atoms with van der Waals surface area (Å²) in [7, 11) is 1.52. The van der Waals surface area contributed by atoms with Crippen LogP contribution in [0.2, 0.25) is 0 Å². The summed E-state index contributed by atoms with van der Waals surface area (Å²) in [6, 6.07) is 4.75. The Morgan fingerprint density at radius 1 is 1.11 bits per heavy atom. The number of nitrogens with one attached hydrogen (secondary N) is 2. The van der Waals surface area contributed by atoms with E-state index in [9.17, 15) is 28.8 Å². The Morgan fingerprint density at radius 3 is 2.56 bits per heavy atom. The second kappa shape index (κ2) is 13.3. The quantitative estimate of drug-likeness (QED) is 0.289. The maximum Gasteiger partial charge on any atom is 0.363 e. The average Bonchev–Trinajstić information content (AvgIpc) is 3.36. The number of aliphatic hydroxyl groups is 1. The van der Waals surface area contributed by atoms with Crippen LogP contribution in [-0.4, -0.2) is 78.1 Å². The predicted octanol–water partition coefficient (Wildman–Crippen LogP) is 1.46. The molecule has 0 spiro atoms. The fourth-order valence-corrected chi connectivity index (χ4v) is 6.88. The number of ketones is 1. The molecule has 4 amide bonds. The Bertz CT molecular complexity index is 1450. The van der Waals surface area contributed by atoms with Crippen LogP contribution in [0.1, 0.15) is 67.3 Å². The first-order valence-electron chi connectivity index (χ1n) is 15.2. The number of nitrogens with zero attached hydrogens (tertiary/aromatic N) is 1. The van der Waals surface area contributed by atoms with Crippen molar-refractivity contribution in [3.8, 4) is 5.75 Å². The molecule has 13 heteroatoms. The number of ether oxygens (including phenoxy) is 2. The predicted molar refractivity (Wildman–Crippen MR) is 156 cm³/mol.